The first-order chi connectivity index (χ1) is 7.91. The molecule has 2 N–H and O–H groups in total. The Morgan fingerprint density at radius 1 is 1.29 bits per heavy atom. The molecule has 0 spiro atoms. The predicted molar refractivity (Wildman–Crippen MR) is 71.8 cm³/mol. The van der Waals surface area contributed by atoms with E-state index in [9.17, 15) is 8.42 Å². The molecule has 1 aliphatic heterocycles. The smallest absolute Gasteiger partial charge is 0.151 e. The molecule has 0 aromatic heterocycles. The molecular formula is C12H26N2O2S. The number of rotatable bonds is 5. The molecule has 1 saturated heterocycles. The number of nitrogens with two attached hydrogens (primary N) is 1. The maximum Gasteiger partial charge on any atom is 0.151 e. The van der Waals surface area contributed by atoms with Crippen LogP contribution < -0.4 is 5.73 Å². The molecular weight excluding hydrogens is 236 g/mol. The van der Waals surface area contributed by atoms with Crippen LogP contribution in [0.1, 0.15) is 33.1 Å². The summed E-state index contributed by atoms with van der Waals surface area (Å²) in [4.78, 5) is 2.27. The van der Waals surface area contributed by atoms with Crippen LogP contribution in [0.25, 0.3) is 0 Å². The minimum Gasteiger partial charge on any atom is -0.330 e. The molecule has 1 atom stereocenters. The Balaban J connectivity index is 2.56. The first kappa shape index (κ1) is 14.9. The van der Waals surface area contributed by atoms with Crippen LogP contribution in [0.15, 0.2) is 0 Å². The lowest BCUT2D eigenvalue weighted by Gasteiger charge is -2.33. The fourth-order valence-electron chi connectivity index (χ4n) is 2.54. The molecule has 0 saturated carbocycles. The Labute approximate surface area is 105 Å². The Bertz CT molecular complexity index is 329. The lowest BCUT2D eigenvalue weighted by Crippen LogP contribution is -2.41. The maximum absolute atomic E-state index is 11.5. The molecule has 1 heterocycles. The molecule has 17 heavy (non-hydrogen) atoms. The fraction of sp³-hybridized carbons (Fsp3) is 1.00. The van der Waals surface area contributed by atoms with Crippen molar-refractivity contribution in [1.29, 1.82) is 0 Å². The molecule has 0 aromatic rings. The standard InChI is InChI=1S/C12H26N2O2S/c1-3-5-12(2,10-13)11-14-6-4-8-17(15,16)9-7-14/h3-11,13H2,1-2H3. The Kier molecular flexibility index (Phi) is 5.41. The molecule has 1 aliphatic rings. The van der Waals surface area contributed by atoms with Gasteiger partial charge in [-0.3, -0.25) is 0 Å². The Morgan fingerprint density at radius 3 is 2.59 bits per heavy atom. The summed E-state index contributed by atoms with van der Waals surface area (Å²) in [5.74, 6) is 0.649. The topological polar surface area (TPSA) is 63.4 Å². The third-order valence-corrected chi connectivity index (χ3v) is 5.32. The second-order valence-electron chi connectivity index (χ2n) is 5.55. The van der Waals surface area contributed by atoms with Crippen molar-refractivity contribution in [1.82, 2.24) is 4.90 Å². The van der Waals surface area contributed by atoms with E-state index in [0.717, 1.165) is 32.4 Å². The highest BCUT2D eigenvalue weighted by Gasteiger charge is 2.27. The van der Waals surface area contributed by atoms with Crippen LogP contribution in [0.2, 0.25) is 0 Å². The third kappa shape index (κ3) is 4.94. The summed E-state index contributed by atoms with van der Waals surface area (Å²) in [7, 11) is -2.80. The van der Waals surface area contributed by atoms with E-state index in [0.29, 0.717) is 24.6 Å². The molecule has 1 rings (SSSR count). The second-order valence-corrected chi connectivity index (χ2v) is 7.85. The van der Waals surface area contributed by atoms with Crippen molar-refractivity contribution in [3.63, 3.8) is 0 Å². The Morgan fingerprint density at radius 2 is 2.00 bits per heavy atom. The number of nitrogens with zero attached hydrogens (tertiary/aromatic N) is 1. The summed E-state index contributed by atoms with van der Waals surface area (Å²) in [6.45, 7) is 7.52. The van der Waals surface area contributed by atoms with Gasteiger partial charge >= 0.3 is 0 Å². The molecule has 1 unspecified atom stereocenters. The fourth-order valence-corrected chi connectivity index (χ4v) is 3.85. The Hall–Kier alpha value is -0.130. The summed E-state index contributed by atoms with van der Waals surface area (Å²) in [6, 6.07) is 0. The highest BCUT2D eigenvalue weighted by Crippen LogP contribution is 2.23. The molecule has 0 amide bonds. The quantitative estimate of drug-likeness (QED) is 0.798. The van der Waals surface area contributed by atoms with Gasteiger partial charge in [-0.15, -0.1) is 0 Å². The van der Waals surface area contributed by atoms with Crippen LogP contribution in [0.5, 0.6) is 0 Å². The van der Waals surface area contributed by atoms with E-state index in [2.05, 4.69) is 18.7 Å². The van der Waals surface area contributed by atoms with Crippen LogP contribution in [0.4, 0.5) is 0 Å². The van der Waals surface area contributed by atoms with E-state index >= 15 is 0 Å². The monoisotopic (exact) mass is 262 g/mol. The van der Waals surface area contributed by atoms with Crippen LogP contribution >= 0.6 is 0 Å². The highest BCUT2D eigenvalue weighted by molar-refractivity contribution is 7.91. The maximum atomic E-state index is 11.5. The summed E-state index contributed by atoms with van der Waals surface area (Å²) in [5.41, 5.74) is 5.99. The molecule has 0 bridgehead atoms. The van der Waals surface area contributed by atoms with Gasteiger partial charge < -0.3 is 10.6 Å². The van der Waals surface area contributed by atoms with Crippen molar-refractivity contribution in [2.75, 3.05) is 37.7 Å². The second kappa shape index (κ2) is 6.16. The molecule has 0 aromatic carbocycles. The normalized spacial score (nSPS) is 25.1. The van der Waals surface area contributed by atoms with Crippen molar-refractivity contribution < 1.29 is 8.42 Å². The third-order valence-electron chi connectivity index (χ3n) is 3.60. The van der Waals surface area contributed by atoms with E-state index in [1.54, 1.807) is 0 Å². The average molecular weight is 262 g/mol. The first-order valence-electron chi connectivity index (χ1n) is 6.54. The van der Waals surface area contributed by atoms with Crippen LogP contribution in [-0.4, -0.2) is 51.0 Å². The minimum atomic E-state index is -2.80. The molecule has 5 heteroatoms. The molecule has 4 nitrogen and oxygen atoms in total. The van der Waals surface area contributed by atoms with Gasteiger partial charge in [0.1, 0.15) is 0 Å². The van der Waals surface area contributed by atoms with Crippen LogP contribution in [-0.2, 0) is 9.84 Å². The number of sulfone groups is 1. The minimum absolute atomic E-state index is 0.128. The zero-order valence-electron chi connectivity index (χ0n) is 11.1. The van der Waals surface area contributed by atoms with Gasteiger partial charge in [-0.25, -0.2) is 8.42 Å². The van der Waals surface area contributed by atoms with Gasteiger partial charge in [0.2, 0.25) is 0 Å². The van der Waals surface area contributed by atoms with Gasteiger partial charge in [0.15, 0.2) is 9.84 Å². The lowest BCUT2D eigenvalue weighted by atomic mass is 9.85. The molecule has 0 radical (unpaired) electrons. The van der Waals surface area contributed by atoms with Crippen LogP contribution in [0, 0.1) is 5.41 Å². The van der Waals surface area contributed by atoms with Crippen molar-refractivity contribution in [3.05, 3.63) is 0 Å². The highest BCUT2D eigenvalue weighted by atomic mass is 32.2. The van der Waals surface area contributed by atoms with E-state index in [-0.39, 0.29) is 5.41 Å². The summed E-state index contributed by atoms with van der Waals surface area (Å²) in [5, 5.41) is 0. The van der Waals surface area contributed by atoms with E-state index < -0.39 is 9.84 Å². The predicted octanol–water partition coefficient (Wildman–Crippen LogP) is 0.872. The first-order valence-corrected chi connectivity index (χ1v) is 8.36. The lowest BCUT2D eigenvalue weighted by molar-refractivity contribution is 0.167. The number of hydrogen-bond acceptors (Lipinski definition) is 4. The van der Waals surface area contributed by atoms with E-state index in [1.165, 1.54) is 0 Å². The summed E-state index contributed by atoms with van der Waals surface area (Å²) in [6.07, 6.45) is 2.99. The average Bonchev–Trinajstić information content (AvgIpc) is 2.41. The zero-order valence-corrected chi connectivity index (χ0v) is 11.9. The van der Waals surface area contributed by atoms with Crippen molar-refractivity contribution in [2.45, 2.75) is 33.1 Å². The van der Waals surface area contributed by atoms with Crippen molar-refractivity contribution in [3.8, 4) is 0 Å². The van der Waals surface area contributed by atoms with Gasteiger partial charge in [-0.05, 0) is 31.3 Å². The zero-order chi connectivity index (χ0) is 12.9. The van der Waals surface area contributed by atoms with Gasteiger partial charge in [0.25, 0.3) is 0 Å². The number of hydrogen-bond donors (Lipinski definition) is 1. The van der Waals surface area contributed by atoms with Crippen LogP contribution in [0.3, 0.4) is 0 Å². The van der Waals surface area contributed by atoms with Crippen molar-refractivity contribution >= 4 is 9.84 Å². The van der Waals surface area contributed by atoms with E-state index in [1.807, 2.05) is 0 Å². The molecule has 0 aliphatic carbocycles. The van der Waals surface area contributed by atoms with E-state index in [4.69, 9.17) is 5.73 Å². The summed E-state index contributed by atoms with van der Waals surface area (Å²) < 4.78 is 23.1. The van der Waals surface area contributed by atoms with Crippen molar-refractivity contribution in [2.24, 2.45) is 11.1 Å². The van der Waals surface area contributed by atoms with Gasteiger partial charge in [-0.1, -0.05) is 20.3 Å². The largest absolute Gasteiger partial charge is 0.330 e. The molecule has 102 valence electrons. The van der Waals surface area contributed by atoms with Gasteiger partial charge in [0.05, 0.1) is 11.5 Å². The summed E-state index contributed by atoms with van der Waals surface area (Å²) >= 11 is 0. The SMILES string of the molecule is CCCC(C)(CN)CN1CCCS(=O)(=O)CC1. The van der Waals surface area contributed by atoms with Gasteiger partial charge in [-0.2, -0.15) is 0 Å². The molecule has 1 fully saturated rings. The van der Waals surface area contributed by atoms with Gasteiger partial charge in [0, 0.05) is 13.1 Å².